The molecule has 0 aliphatic heterocycles. The van der Waals surface area contributed by atoms with Crippen molar-refractivity contribution in [1.82, 2.24) is 10.2 Å². The molecule has 9 heteroatoms. The predicted molar refractivity (Wildman–Crippen MR) is 94.3 cm³/mol. The molecule has 0 amide bonds. The van der Waals surface area contributed by atoms with Crippen LogP contribution in [0.3, 0.4) is 0 Å². The minimum atomic E-state index is -0.833. The van der Waals surface area contributed by atoms with Crippen LogP contribution in [0.25, 0.3) is 0 Å². The number of aliphatic carboxylic acids is 3. The van der Waals surface area contributed by atoms with Gasteiger partial charge in [-0.3, -0.25) is 14.4 Å². The third kappa shape index (κ3) is 87.5. The molecular weight excluding hydrogens is 318 g/mol. The van der Waals surface area contributed by atoms with Crippen LogP contribution in [0.4, 0.5) is 0 Å². The second-order valence-electron chi connectivity index (χ2n) is 5.85. The highest BCUT2D eigenvalue weighted by Gasteiger charge is 2.13. The van der Waals surface area contributed by atoms with E-state index in [1.165, 1.54) is 13.1 Å². The Balaban J connectivity index is -0.000000137. The van der Waals surface area contributed by atoms with Crippen LogP contribution in [-0.2, 0) is 14.4 Å². The molecule has 146 valence electrons. The van der Waals surface area contributed by atoms with E-state index in [4.69, 9.17) is 29.7 Å². The van der Waals surface area contributed by atoms with E-state index >= 15 is 0 Å². The standard InChI is InChI=1S/C9H24N3.3C2H4O2/c1-10-6-8-12(4,5)9-7-11(2)3;3*1-2(3)4/h10H,6-9H2,1-5H3;3*1H3,(H,3,4)/q+1;;;. The quantitative estimate of drug-likeness (QED) is 0.495. The maximum absolute atomic E-state index is 9.00. The van der Waals surface area contributed by atoms with Gasteiger partial charge in [0, 0.05) is 33.9 Å². The number of nitrogens with one attached hydrogen (secondary N) is 1. The number of carboxylic acid groups (broad SMARTS) is 3. The molecule has 0 spiro atoms. The molecule has 0 aromatic carbocycles. The highest BCUT2D eigenvalue weighted by atomic mass is 16.4. The van der Waals surface area contributed by atoms with Crippen molar-refractivity contribution in [3.63, 3.8) is 0 Å². The molecule has 0 fully saturated rings. The van der Waals surface area contributed by atoms with Gasteiger partial charge in [0.15, 0.2) is 0 Å². The molecule has 0 aromatic rings. The molecule has 0 radical (unpaired) electrons. The number of nitrogens with zero attached hydrogens (tertiary/aromatic N) is 2. The Kier molecular flexibility index (Phi) is 24.3. The lowest BCUT2D eigenvalue weighted by Gasteiger charge is -2.30. The van der Waals surface area contributed by atoms with Gasteiger partial charge in [-0.05, 0) is 21.1 Å². The first-order valence-corrected chi connectivity index (χ1v) is 7.37. The van der Waals surface area contributed by atoms with Crippen LogP contribution in [0.15, 0.2) is 0 Å². The van der Waals surface area contributed by atoms with Gasteiger partial charge in [-0.2, -0.15) is 0 Å². The monoisotopic (exact) mass is 354 g/mol. The first-order chi connectivity index (χ1) is 10.7. The van der Waals surface area contributed by atoms with Crippen molar-refractivity contribution in [2.24, 2.45) is 0 Å². The zero-order chi connectivity index (χ0) is 20.3. The van der Waals surface area contributed by atoms with Crippen molar-refractivity contribution >= 4 is 17.9 Å². The Morgan fingerprint density at radius 3 is 1.38 bits per heavy atom. The second kappa shape index (κ2) is 19.3. The summed E-state index contributed by atoms with van der Waals surface area (Å²) in [6, 6.07) is 0. The number of hydrogen-bond acceptors (Lipinski definition) is 5. The SMILES string of the molecule is CC(=O)O.CC(=O)O.CC(=O)O.CNCC[N+](C)(C)CCN(C)C. The number of rotatable bonds is 6. The number of carbonyl (C=O) groups is 3. The molecule has 0 unspecified atom stereocenters. The Hall–Kier alpha value is -1.71. The molecule has 4 N–H and O–H groups in total. The van der Waals surface area contributed by atoms with Gasteiger partial charge in [-0.25, -0.2) is 0 Å². The van der Waals surface area contributed by atoms with Gasteiger partial charge in [-0.1, -0.05) is 0 Å². The molecule has 0 aliphatic carbocycles. The van der Waals surface area contributed by atoms with Gasteiger partial charge in [0.2, 0.25) is 0 Å². The van der Waals surface area contributed by atoms with Crippen molar-refractivity contribution in [3.05, 3.63) is 0 Å². The predicted octanol–water partition coefficient (Wildman–Crippen LogP) is 0.117. The topological polar surface area (TPSA) is 127 Å². The number of carboxylic acids is 3. The van der Waals surface area contributed by atoms with Crippen molar-refractivity contribution in [1.29, 1.82) is 0 Å². The van der Waals surface area contributed by atoms with Gasteiger partial charge >= 0.3 is 0 Å². The summed E-state index contributed by atoms with van der Waals surface area (Å²) in [6.07, 6.45) is 0. The maximum Gasteiger partial charge on any atom is 0.300 e. The minimum absolute atomic E-state index is 0.833. The third-order valence-corrected chi connectivity index (χ3v) is 2.12. The van der Waals surface area contributed by atoms with E-state index in [0.717, 1.165) is 38.3 Å². The van der Waals surface area contributed by atoms with Crippen LogP contribution in [-0.4, -0.2) is 104 Å². The van der Waals surface area contributed by atoms with E-state index in [-0.39, 0.29) is 0 Å². The Labute approximate surface area is 145 Å². The van der Waals surface area contributed by atoms with Gasteiger partial charge in [-0.15, -0.1) is 0 Å². The molecule has 0 aromatic heterocycles. The number of quaternary nitrogens is 1. The normalized spacial score (nSPS) is 9.38. The van der Waals surface area contributed by atoms with E-state index in [1.54, 1.807) is 0 Å². The highest BCUT2D eigenvalue weighted by Crippen LogP contribution is 1.95. The summed E-state index contributed by atoms with van der Waals surface area (Å²) in [7, 11) is 10.8. The van der Waals surface area contributed by atoms with E-state index in [2.05, 4.69) is 38.4 Å². The fourth-order valence-electron chi connectivity index (χ4n) is 0.997. The van der Waals surface area contributed by atoms with Gasteiger partial charge < -0.3 is 30.0 Å². The summed E-state index contributed by atoms with van der Waals surface area (Å²) in [5.41, 5.74) is 0. The van der Waals surface area contributed by atoms with Crippen molar-refractivity contribution < 1.29 is 34.2 Å². The molecular formula is C15H36N3O6+. The van der Waals surface area contributed by atoms with Gasteiger partial charge in [0.25, 0.3) is 17.9 Å². The smallest absolute Gasteiger partial charge is 0.300 e. The fraction of sp³-hybridized carbons (Fsp3) is 0.800. The van der Waals surface area contributed by atoms with E-state index < -0.39 is 17.9 Å². The Morgan fingerprint density at radius 1 is 0.875 bits per heavy atom. The van der Waals surface area contributed by atoms with Gasteiger partial charge in [0.05, 0.1) is 27.2 Å². The lowest BCUT2D eigenvalue weighted by Crippen LogP contribution is -2.47. The molecule has 9 nitrogen and oxygen atoms in total. The molecule has 0 aliphatic rings. The zero-order valence-electron chi connectivity index (χ0n) is 16.3. The van der Waals surface area contributed by atoms with Gasteiger partial charge in [0.1, 0.15) is 0 Å². The average molecular weight is 354 g/mol. The average Bonchev–Trinajstić information content (AvgIpc) is 2.32. The molecule has 0 heterocycles. The summed E-state index contributed by atoms with van der Waals surface area (Å²) in [5.74, 6) is -2.50. The summed E-state index contributed by atoms with van der Waals surface area (Å²) >= 11 is 0. The first kappa shape index (κ1) is 30.2. The molecule has 0 bridgehead atoms. The minimum Gasteiger partial charge on any atom is -0.481 e. The van der Waals surface area contributed by atoms with E-state index in [0.29, 0.717) is 0 Å². The third-order valence-electron chi connectivity index (χ3n) is 2.12. The molecule has 0 atom stereocenters. The lowest BCUT2D eigenvalue weighted by molar-refractivity contribution is -0.888. The van der Waals surface area contributed by atoms with Crippen LogP contribution < -0.4 is 5.32 Å². The highest BCUT2D eigenvalue weighted by molar-refractivity contribution is 5.63. The van der Waals surface area contributed by atoms with Crippen LogP contribution in [0.1, 0.15) is 20.8 Å². The van der Waals surface area contributed by atoms with E-state index in [1.807, 2.05) is 7.05 Å². The number of likely N-dealkylation sites (N-methyl/N-ethyl adjacent to an activating group) is 3. The summed E-state index contributed by atoms with van der Waals surface area (Å²) in [5, 5.41) is 25.4. The second-order valence-corrected chi connectivity index (χ2v) is 5.85. The fourth-order valence-corrected chi connectivity index (χ4v) is 0.997. The lowest BCUT2D eigenvalue weighted by atomic mass is 10.4. The summed E-state index contributed by atoms with van der Waals surface area (Å²) < 4.78 is 1.10. The molecule has 24 heavy (non-hydrogen) atoms. The van der Waals surface area contributed by atoms with Crippen molar-refractivity contribution in [2.75, 3.05) is 61.4 Å². The molecule has 0 saturated carbocycles. The summed E-state index contributed by atoms with van der Waals surface area (Å²) in [4.78, 5) is 29.2. The molecule has 0 saturated heterocycles. The largest absolute Gasteiger partial charge is 0.481 e. The Bertz CT molecular complexity index is 293. The Morgan fingerprint density at radius 2 is 1.17 bits per heavy atom. The van der Waals surface area contributed by atoms with Crippen LogP contribution in [0, 0.1) is 0 Å². The number of hydrogen-bond donors (Lipinski definition) is 4. The van der Waals surface area contributed by atoms with Crippen molar-refractivity contribution in [2.45, 2.75) is 20.8 Å². The zero-order valence-corrected chi connectivity index (χ0v) is 16.3. The maximum atomic E-state index is 9.00. The van der Waals surface area contributed by atoms with Crippen LogP contribution in [0.5, 0.6) is 0 Å². The van der Waals surface area contributed by atoms with Crippen LogP contribution in [0.2, 0.25) is 0 Å². The van der Waals surface area contributed by atoms with Crippen LogP contribution >= 0.6 is 0 Å². The summed E-state index contributed by atoms with van der Waals surface area (Å²) in [6.45, 7) is 7.93. The molecule has 0 rings (SSSR count). The van der Waals surface area contributed by atoms with Crippen molar-refractivity contribution in [3.8, 4) is 0 Å². The van der Waals surface area contributed by atoms with E-state index in [9.17, 15) is 0 Å². The first-order valence-electron chi connectivity index (χ1n) is 7.37.